The van der Waals surface area contributed by atoms with Gasteiger partial charge < -0.3 is 9.47 Å². The molecule has 0 aliphatic heterocycles. The second-order valence-corrected chi connectivity index (χ2v) is 4.98. The van der Waals surface area contributed by atoms with Crippen molar-refractivity contribution in [3.05, 3.63) is 78.6 Å². The van der Waals surface area contributed by atoms with E-state index < -0.39 is 5.97 Å². The summed E-state index contributed by atoms with van der Waals surface area (Å²) in [6, 6.07) is 16.6. The highest BCUT2D eigenvalue weighted by molar-refractivity contribution is 5.88. The van der Waals surface area contributed by atoms with E-state index in [1.54, 1.807) is 48.3 Å². The molecule has 120 valence electrons. The molecule has 0 spiro atoms. The van der Waals surface area contributed by atoms with Gasteiger partial charge in [0.25, 0.3) is 0 Å². The summed E-state index contributed by atoms with van der Waals surface area (Å²) >= 11 is 0. The highest BCUT2D eigenvalue weighted by Crippen LogP contribution is 2.17. The highest BCUT2D eigenvalue weighted by Gasteiger charge is 2.02. The zero-order valence-corrected chi connectivity index (χ0v) is 13.1. The Labute approximate surface area is 139 Å². The lowest BCUT2D eigenvalue weighted by atomic mass is 10.3. The van der Waals surface area contributed by atoms with Crippen LogP contribution in [-0.4, -0.2) is 22.9 Å². The van der Waals surface area contributed by atoms with Crippen molar-refractivity contribution in [2.24, 2.45) is 0 Å². The quantitative estimate of drug-likeness (QED) is 0.410. The summed E-state index contributed by atoms with van der Waals surface area (Å²) in [5.41, 5.74) is 1.77. The van der Waals surface area contributed by atoms with Crippen LogP contribution in [-0.2, 0) is 4.79 Å². The molecule has 24 heavy (non-hydrogen) atoms. The fraction of sp³-hybridized carbons (Fsp3) is 0.0526. The molecule has 0 fully saturated rings. The molecule has 0 radical (unpaired) electrons. The van der Waals surface area contributed by atoms with Gasteiger partial charge in [0.05, 0.1) is 19.0 Å². The van der Waals surface area contributed by atoms with Crippen molar-refractivity contribution in [1.82, 2.24) is 9.78 Å². The molecular weight excluding hydrogens is 304 g/mol. The van der Waals surface area contributed by atoms with Crippen LogP contribution in [0.15, 0.2) is 73.1 Å². The Balaban J connectivity index is 1.63. The average Bonchev–Trinajstić information content (AvgIpc) is 3.10. The van der Waals surface area contributed by atoms with Gasteiger partial charge in [-0.1, -0.05) is 18.2 Å². The van der Waals surface area contributed by atoms with Crippen molar-refractivity contribution in [1.29, 1.82) is 0 Å². The van der Waals surface area contributed by atoms with E-state index in [1.807, 2.05) is 36.5 Å². The molecule has 3 aromatic rings. The number of carbonyl (C=O) groups excluding carboxylic acids is 1. The first kappa shape index (κ1) is 15.6. The summed E-state index contributed by atoms with van der Waals surface area (Å²) in [6.45, 7) is 0. The lowest BCUT2D eigenvalue weighted by Gasteiger charge is -2.02. The number of para-hydroxylation sites is 1. The van der Waals surface area contributed by atoms with Crippen LogP contribution in [0.3, 0.4) is 0 Å². The van der Waals surface area contributed by atoms with Crippen molar-refractivity contribution in [2.45, 2.75) is 0 Å². The monoisotopic (exact) mass is 320 g/mol. The van der Waals surface area contributed by atoms with E-state index in [9.17, 15) is 4.79 Å². The third-order valence-corrected chi connectivity index (χ3v) is 3.31. The van der Waals surface area contributed by atoms with Gasteiger partial charge in [0.2, 0.25) is 0 Å². The number of methoxy groups -OCH3 is 1. The van der Waals surface area contributed by atoms with Crippen molar-refractivity contribution in [3.63, 3.8) is 0 Å². The normalized spacial score (nSPS) is 10.7. The number of carbonyl (C=O) groups is 1. The zero-order valence-electron chi connectivity index (χ0n) is 13.1. The lowest BCUT2D eigenvalue weighted by Crippen LogP contribution is -2.03. The van der Waals surface area contributed by atoms with Gasteiger partial charge in [-0.25, -0.2) is 9.48 Å². The van der Waals surface area contributed by atoms with Crippen molar-refractivity contribution in [2.75, 3.05) is 7.11 Å². The standard InChI is InChI=1S/C19H16N2O3/c1-23-17-8-10-18(11-9-17)24-19(22)12-7-15-13-20-21(14-15)16-5-3-2-4-6-16/h2-14H,1H3/b12-7+. The van der Waals surface area contributed by atoms with Gasteiger partial charge in [0, 0.05) is 17.8 Å². The number of benzene rings is 2. The fourth-order valence-corrected chi connectivity index (χ4v) is 2.10. The van der Waals surface area contributed by atoms with Gasteiger partial charge in [-0.2, -0.15) is 5.10 Å². The molecule has 0 saturated carbocycles. The van der Waals surface area contributed by atoms with Gasteiger partial charge >= 0.3 is 5.97 Å². The number of hydrogen-bond acceptors (Lipinski definition) is 4. The molecule has 0 N–H and O–H groups in total. The Morgan fingerprint density at radius 3 is 2.46 bits per heavy atom. The first-order valence-electron chi connectivity index (χ1n) is 7.38. The number of esters is 1. The van der Waals surface area contributed by atoms with E-state index in [-0.39, 0.29) is 0 Å². The van der Waals surface area contributed by atoms with Gasteiger partial charge in [0.1, 0.15) is 11.5 Å². The number of hydrogen-bond donors (Lipinski definition) is 0. The van der Waals surface area contributed by atoms with Crippen LogP contribution in [0.25, 0.3) is 11.8 Å². The number of ether oxygens (including phenoxy) is 2. The predicted octanol–water partition coefficient (Wildman–Crippen LogP) is 3.50. The van der Waals surface area contributed by atoms with Crippen LogP contribution in [0.4, 0.5) is 0 Å². The maximum absolute atomic E-state index is 11.8. The summed E-state index contributed by atoms with van der Waals surface area (Å²) in [5.74, 6) is 0.719. The topological polar surface area (TPSA) is 53.4 Å². The minimum atomic E-state index is -0.451. The average molecular weight is 320 g/mol. The summed E-state index contributed by atoms with van der Waals surface area (Å²) in [7, 11) is 1.58. The van der Waals surface area contributed by atoms with Crippen LogP contribution >= 0.6 is 0 Å². The summed E-state index contributed by atoms with van der Waals surface area (Å²) in [5, 5.41) is 4.27. The molecule has 0 unspecified atom stereocenters. The SMILES string of the molecule is COc1ccc(OC(=O)/C=C/c2cnn(-c3ccccc3)c2)cc1. The van der Waals surface area contributed by atoms with Crippen molar-refractivity contribution >= 4 is 12.0 Å². The molecule has 0 aliphatic carbocycles. The van der Waals surface area contributed by atoms with Gasteiger partial charge in [-0.15, -0.1) is 0 Å². The van der Waals surface area contributed by atoms with Gasteiger partial charge in [-0.05, 0) is 42.5 Å². The Hall–Kier alpha value is -3.34. The molecule has 5 heteroatoms. The van der Waals surface area contributed by atoms with Crippen LogP contribution in [0, 0.1) is 0 Å². The Morgan fingerprint density at radius 2 is 1.75 bits per heavy atom. The Kier molecular flexibility index (Phi) is 4.72. The molecule has 5 nitrogen and oxygen atoms in total. The first-order valence-corrected chi connectivity index (χ1v) is 7.38. The molecule has 1 aromatic heterocycles. The van der Waals surface area contributed by atoms with Crippen LogP contribution in [0.5, 0.6) is 11.5 Å². The van der Waals surface area contributed by atoms with Crippen LogP contribution in [0.2, 0.25) is 0 Å². The summed E-state index contributed by atoms with van der Waals surface area (Å²) < 4.78 is 12.0. The Bertz CT molecular complexity index is 837. The van der Waals surface area contributed by atoms with Gasteiger partial charge in [-0.3, -0.25) is 0 Å². The molecule has 0 bridgehead atoms. The molecule has 0 atom stereocenters. The third-order valence-electron chi connectivity index (χ3n) is 3.31. The predicted molar refractivity (Wildman–Crippen MR) is 91.2 cm³/mol. The zero-order chi connectivity index (χ0) is 16.8. The number of rotatable bonds is 5. The van der Waals surface area contributed by atoms with Crippen LogP contribution < -0.4 is 9.47 Å². The van der Waals surface area contributed by atoms with E-state index in [0.29, 0.717) is 11.5 Å². The summed E-state index contributed by atoms with van der Waals surface area (Å²) in [4.78, 5) is 11.8. The van der Waals surface area contributed by atoms with Crippen molar-refractivity contribution < 1.29 is 14.3 Å². The summed E-state index contributed by atoms with van der Waals surface area (Å²) in [6.07, 6.45) is 6.56. The molecule has 0 saturated heterocycles. The largest absolute Gasteiger partial charge is 0.497 e. The maximum atomic E-state index is 11.8. The minimum absolute atomic E-state index is 0.451. The van der Waals surface area contributed by atoms with E-state index in [4.69, 9.17) is 9.47 Å². The molecule has 0 amide bonds. The molecule has 3 rings (SSSR count). The van der Waals surface area contributed by atoms with E-state index in [0.717, 1.165) is 11.3 Å². The van der Waals surface area contributed by atoms with Crippen LogP contribution in [0.1, 0.15) is 5.56 Å². The van der Waals surface area contributed by atoms with Crippen molar-refractivity contribution in [3.8, 4) is 17.2 Å². The fourth-order valence-electron chi connectivity index (χ4n) is 2.10. The maximum Gasteiger partial charge on any atom is 0.336 e. The third kappa shape index (κ3) is 3.89. The molecular formula is C19H16N2O3. The van der Waals surface area contributed by atoms with E-state index >= 15 is 0 Å². The van der Waals surface area contributed by atoms with E-state index in [2.05, 4.69) is 5.10 Å². The number of aromatic nitrogens is 2. The lowest BCUT2D eigenvalue weighted by molar-refractivity contribution is -0.128. The smallest absolute Gasteiger partial charge is 0.336 e. The molecule has 2 aromatic carbocycles. The number of nitrogens with zero attached hydrogens (tertiary/aromatic N) is 2. The first-order chi connectivity index (χ1) is 11.7. The van der Waals surface area contributed by atoms with E-state index in [1.165, 1.54) is 6.08 Å². The second-order valence-electron chi connectivity index (χ2n) is 4.98. The molecule has 1 heterocycles. The minimum Gasteiger partial charge on any atom is -0.497 e. The second kappa shape index (κ2) is 7.28. The molecule has 0 aliphatic rings. The van der Waals surface area contributed by atoms with Gasteiger partial charge in [0.15, 0.2) is 0 Å². The highest BCUT2D eigenvalue weighted by atomic mass is 16.5. The Morgan fingerprint density at radius 1 is 1.04 bits per heavy atom.